The zero-order valence-electron chi connectivity index (χ0n) is 11.3. The Hall–Kier alpha value is -1.92. The van der Waals surface area contributed by atoms with E-state index in [0.29, 0.717) is 25.3 Å². The van der Waals surface area contributed by atoms with Gasteiger partial charge in [0.25, 0.3) is 0 Å². The van der Waals surface area contributed by atoms with Crippen LogP contribution in [0.4, 0.5) is 0 Å². The predicted octanol–water partition coefficient (Wildman–Crippen LogP) is 0.128. The van der Waals surface area contributed by atoms with Gasteiger partial charge in [0.05, 0.1) is 0 Å². The summed E-state index contributed by atoms with van der Waals surface area (Å²) in [7, 11) is 0. The molecule has 1 fully saturated rings. The van der Waals surface area contributed by atoms with Gasteiger partial charge in [-0.25, -0.2) is 0 Å². The first-order valence-corrected chi connectivity index (χ1v) is 6.36. The van der Waals surface area contributed by atoms with Crippen molar-refractivity contribution in [2.75, 3.05) is 6.54 Å². The minimum absolute atomic E-state index is 0.0679. The molecule has 1 N–H and O–H groups in total. The summed E-state index contributed by atoms with van der Waals surface area (Å²) in [6.07, 6.45) is 2.32. The Labute approximate surface area is 111 Å². The van der Waals surface area contributed by atoms with Gasteiger partial charge in [-0.15, -0.1) is 0 Å². The maximum Gasteiger partial charge on any atom is 0.248 e. The van der Waals surface area contributed by atoms with Gasteiger partial charge in [0.2, 0.25) is 17.7 Å². The molecule has 1 aromatic rings. The predicted molar refractivity (Wildman–Crippen MR) is 66.0 cm³/mol. The normalized spacial score (nSPS) is 27.5. The minimum atomic E-state index is -0.821. The second-order valence-electron chi connectivity index (χ2n) is 4.93. The highest BCUT2D eigenvalue weighted by molar-refractivity contribution is 5.99. The molecule has 1 aliphatic rings. The van der Waals surface area contributed by atoms with Crippen LogP contribution in [0.5, 0.6) is 0 Å². The molecule has 2 unspecified atom stereocenters. The Morgan fingerprint density at radius 3 is 2.84 bits per heavy atom. The summed E-state index contributed by atoms with van der Waals surface area (Å²) in [5.41, 5.74) is -0.821. The van der Waals surface area contributed by atoms with Crippen LogP contribution in [0.15, 0.2) is 10.9 Å². The fraction of sp³-hybridized carbons (Fsp3) is 0.667. The Morgan fingerprint density at radius 1 is 1.53 bits per heavy atom. The summed E-state index contributed by atoms with van der Waals surface area (Å²) in [5, 5.41) is 6.30. The minimum Gasteiger partial charge on any atom is -0.340 e. The molecule has 2 amide bonds. The number of hydrogen-bond acceptors (Lipinski definition) is 5. The zero-order chi connectivity index (χ0) is 14.0. The summed E-state index contributed by atoms with van der Waals surface area (Å²) in [6, 6.07) is -0.477. The van der Waals surface area contributed by atoms with Crippen LogP contribution in [-0.4, -0.2) is 45.0 Å². The second-order valence-corrected chi connectivity index (χ2v) is 4.93. The molecule has 0 saturated carbocycles. The lowest BCUT2D eigenvalue weighted by atomic mass is 9.92. The highest BCUT2D eigenvalue weighted by Crippen LogP contribution is 2.21. The van der Waals surface area contributed by atoms with Gasteiger partial charge in [-0.05, 0) is 20.3 Å². The fourth-order valence-corrected chi connectivity index (χ4v) is 2.12. The van der Waals surface area contributed by atoms with Crippen molar-refractivity contribution in [3.63, 3.8) is 0 Å². The molecule has 7 heteroatoms. The highest BCUT2D eigenvalue weighted by atomic mass is 16.5. The van der Waals surface area contributed by atoms with Gasteiger partial charge < -0.3 is 14.7 Å². The van der Waals surface area contributed by atoms with E-state index >= 15 is 0 Å². The summed E-state index contributed by atoms with van der Waals surface area (Å²) in [5.74, 6) is 0.264. The first-order chi connectivity index (χ1) is 8.98. The molecule has 2 atom stereocenters. The van der Waals surface area contributed by atoms with Crippen molar-refractivity contribution in [3.05, 3.63) is 12.2 Å². The molecule has 0 aromatic carbocycles. The number of amides is 2. The van der Waals surface area contributed by atoms with Gasteiger partial charge in [-0.2, -0.15) is 4.98 Å². The van der Waals surface area contributed by atoms with E-state index in [4.69, 9.17) is 4.52 Å². The van der Waals surface area contributed by atoms with E-state index in [9.17, 15) is 9.59 Å². The molecule has 19 heavy (non-hydrogen) atoms. The third kappa shape index (κ3) is 2.45. The quantitative estimate of drug-likeness (QED) is 0.836. The third-order valence-electron chi connectivity index (χ3n) is 3.66. The number of nitrogens with one attached hydrogen (secondary N) is 1. The SMILES string of the molecule is CCC1(C)NC(=O)C(C)N(CCc2ncno2)C1=O. The molecule has 1 saturated heterocycles. The van der Waals surface area contributed by atoms with E-state index in [1.165, 1.54) is 6.33 Å². The Kier molecular flexibility index (Phi) is 3.55. The van der Waals surface area contributed by atoms with Crippen LogP contribution in [0.3, 0.4) is 0 Å². The molecular formula is C12H18N4O3. The van der Waals surface area contributed by atoms with Crippen molar-refractivity contribution < 1.29 is 14.1 Å². The van der Waals surface area contributed by atoms with Gasteiger partial charge in [0, 0.05) is 13.0 Å². The number of aromatic nitrogens is 2. The van der Waals surface area contributed by atoms with Crippen molar-refractivity contribution in [1.82, 2.24) is 20.4 Å². The van der Waals surface area contributed by atoms with Crippen molar-refractivity contribution in [2.45, 2.75) is 45.2 Å². The first kappa shape index (κ1) is 13.5. The monoisotopic (exact) mass is 266 g/mol. The highest BCUT2D eigenvalue weighted by Gasteiger charge is 2.45. The van der Waals surface area contributed by atoms with E-state index in [0.717, 1.165) is 0 Å². The van der Waals surface area contributed by atoms with Crippen LogP contribution in [-0.2, 0) is 16.0 Å². The molecule has 1 aliphatic heterocycles. The van der Waals surface area contributed by atoms with Crippen molar-refractivity contribution in [2.24, 2.45) is 0 Å². The van der Waals surface area contributed by atoms with Gasteiger partial charge in [0.15, 0.2) is 6.33 Å². The van der Waals surface area contributed by atoms with Crippen LogP contribution in [0.25, 0.3) is 0 Å². The summed E-state index contributed by atoms with van der Waals surface area (Å²) in [4.78, 5) is 29.9. The van der Waals surface area contributed by atoms with Gasteiger partial charge >= 0.3 is 0 Å². The van der Waals surface area contributed by atoms with Gasteiger partial charge in [-0.3, -0.25) is 9.59 Å². The second kappa shape index (κ2) is 4.99. The smallest absolute Gasteiger partial charge is 0.248 e. The lowest BCUT2D eigenvalue weighted by Crippen LogP contribution is -2.68. The average Bonchev–Trinajstić information content (AvgIpc) is 2.90. The van der Waals surface area contributed by atoms with Crippen LogP contribution < -0.4 is 5.32 Å². The standard InChI is InChI=1S/C12H18N4O3/c1-4-12(3)11(18)16(8(2)10(17)15-12)6-5-9-13-7-14-19-9/h7-8H,4-6H2,1-3H3,(H,15,17). The average molecular weight is 266 g/mol. The largest absolute Gasteiger partial charge is 0.340 e. The Morgan fingerprint density at radius 2 is 2.26 bits per heavy atom. The molecule has 0 bridgehead atoms. The van der Waals surface area contributed by atoms with Crippen molar-refractivity contribution in [1.29, 1.82) is 0 Å². The van der Waals surface area contributed by atoms with Crippen LogP contribution in [0.2, 0.25) is 0 Å². The molecule has 104 valence electrons. The van der Waals surface area contributed by atoms with E-state index in [2.05, 4.69) is 15.5 Å². The number of hydrogen-bond donors (Lipinski definition) is 1. The fourth-order valence-electron chi connectivity index (χ4n) is 2.12. The number of carbonyl (C=O) groups is 2. The molecule has 0 aliphatic carbocycles. The van der Waals surface area contributed by atoms with Crippen molar-refractivity contribution in [3.8, 4) is 0 Å². The zero-order valence-corrected chi connectivity index (χ0v) is 11.3. The number of rotatable bonds is 4. The maximum atomic E-state index is 12.4. The Bertz CT molecular complexity index is 473. The van der Waals surface area contributed by atoms with E-state index in [1.54, 1.807) is 18.7 Å². The van der Waals surface area contributed by atoms with Crippen LogP contribution in [0.1, 0.15) is 33.1 Å². The van der Waals surface area contributed by atoms with Gasteiger partial charge in [-0.1, -0.05) is 12.1 Å². The topological polar surface area (TPSA) is 88.3 Å². The molecule has 7 nitrogen and oxygen atoms in total. The lowest BCUT2D eigenvalue weighted by molar-refractivity contribution is -0.153. The molecule has 0 spiro atoms. The van der Waals surface area contributed by atoms with Crippen LogP contribution >= 0.6 is 0 Å². The van der Waals surface area contributed by atoms with Gasteiger partial charge in [0.1, 0.15) is 11.6 Å². The number of carbonyl (C=O) groups excluding carboxylic acids is 2. The first-order valence-electron chi connectivity index (χ1n) is 6.36. The molecule has 0 radical (unpaired) electrons. The van der Waals surface area contributed by atoms with E-state index in [1.807, 2.05) is 6.92 Å². The summed E-state index contributed by atoms with van der Waals surface area (Å²) in [6.45, 7) is 5.74. The molecule has 2 rings (SSSR count). The van der Waals surface area contributed by atoms with E-state index < -0.39 is 11.6 Å². The summed E-state index contributed by atoms with van der Waals surface area (Å²) >= 11 is 0. The number of piperazine rings is 1. The number of nitrogens with zero attached hydrogens (tertiary/aromatic N) is 3. The lowest BCUT2D eigenvalue weighted by Gasteiger charge is -2.42. The third-order valence-corrected chi connectivity index (χ3v) is 3.66. The van der Waals surface area contributed by atoms with Crippen LogP contribution in [0, 0.1) is 0 Å². The Balaban J connectivity index is 2.11. The summed E-state index contributed by atoms with van der Waals surface area (Å²) < 4.78 is 4.90. The molecule has 1 aromatic heterocycles. The van der Waals surface area contributed by atoms with Crippen molar-refractivity contribution >= 4 is 11.8 Å². The maximum absolute atomic E-state index is 12.4. The van der Waals surface area contributed by atoms with E-state index in [-0.39, 0.29) is 11.8 Å². The molecular weight excluding hydrogens is 248 g/mol. The molecule has 2 heterocycles.